The van der Waals surface area contributed by atoms with E-state index in [1.54, 1.807) is 7.11 Å². The second-order valence-electron chi connectivity index (χ2n) is 6.14. The van der Waals surface area contributed by atoms with Crippen LogP contribution in [-0.2, 0) is 0 Å². The fraction of sp³-hybridized carbons (Fsp3) is 0.0417. The van der Waals surface area contributed by atoms with Crippen molar-refractivity contribution in [3.05, 3.63) is 103 Å². The molecular weight excluding hydrogens is 332 g/mol. The largest absolute Gasteiger partial charge is 0.481 e. The van der Waals surface area contributed by atoms with Gasteiger partial charge in [-0.05, 0) is 48.0 Å². The van der Waals surface area contributed by atoms with Gasteiger partial charge in [0.05, 0.1) is 7.11 Å². The van der Waals surface area contributed by atoms with Gasteiger partial charge >= 0.3 is 0 Å². The molecule has 4 aromatic rings. The molecule has 132 valence electrons. The molecule has 4 rings (SSSR count). The summed E-state index contributed by atoms with van der Waals surface area (Å²) in [7, 11) is 1.62. The number of methoxy groups -OCH3 is 1. The minimum Gasteiger partial charge on any atom is -0.481 e. The van der Waals surface area contributed by atoms with Crippen molar-refractivity contribution in [3.63, 3.8) is 0 Å². The first-order chi connectivity index (χ1) is 13.3. The molecule has 0 unspecified atom stereocenters. The summed E-state index contributed by atoms with van der Waals surface area (Å²) in [5, 5.41) is 0. The Labute approximate surface area is 159 Å². The normalized spacial score (nSPS) is 10.4. The molecule has 0 saturated carbocycles. The lowest BCUT2D eigenvalue weighted by molar-refractivity contribution is 0.398. The highest BCUT2D eigenvalue weighted by Crippen LogP contribution is 2.35. The van der Waals surface area contributed by atoms with Gasteiger partial charge in [-0.1, -0.05) is 48.5 Å². The zero-order valence-corrected chi connectivity index (χ0v) is 15.1. The Morgan fingerprint density at radius 1 is 0.593 bits per heavy atom. The molecule has 0 saturated heterocycles. The number of ether oxygens (including phenoxy) is 1. The van der Waals surface area contributed by atoms with E-state index in [0.29, 0.717) is 5.88 Å². The van der Waals surface area contributed by atoms with E-state index in [0.717, 1.165) is 28.2 Å². The topological polar surface area (TPSA) is 25.4 Å². The van der Waals surface area contributed by atoms with Gasteiger partial charge in [0.1, 0.15) is 0 Å². The molecule has 27 heavy (non-hydrogen) atoms. The standard InChI is InChI=1S/C24H20N2O/c1-27-24-17-14-20(18-25-24)19-12-15-23(16-13-19)26(21-8-4-2-5-9-21)22-10-6-3-7-11-22/h2-18H,1H3. The second kappa shape index (κ2) is 7.75. The SMILES string of the molecule is COc1ccc(-c2ccc(N(c3ccccc3)c3ccccc3)cc2)cn1. The van der Waals surface area contributed by atoms with Crippen LogP contribution in [0.5, 0.6) is 5.88 Å². The zero-order valence-electron chi connectivity index (χ0n) is 15.1. The van der Waals surface area contributed by atoms with Gasteiger partial charge in [-0.2, -0.15) is 0 Å². The van der Waals surface area contributed by atoms with Crippen LogP contribution >= 0.6 is 0 Å². The molecule has 0 fully saturated rings. The minimum atomic E-state index is 0.620. The molecule has 3 heteroatoms. The highest BCUT2D eigenvalue weighted by atomic mass is 16.5. The molecular formula is C24H20N2O. The summed E-state index contributed by atoms with van der Waals surface area (Å²) in [5.41, 5.74) is 5.55. The lowest BCUT2D eigenvalue weighted by Gasteiger charge is -2.25. The first kappa shape index (κ1) is 16.9. The second-order valence-corrected chi connectivity index (χ2v) is 6.14. The third kappa shape index (κ3) is 3.67. The molecule has 1 aromatic heterocycles. The maximum Gasteiger partial charge on any atom is 0.212 e. The van der Waals surface area contributed by atoms with E-state index in [4.69, 9.17) is 4.74 Å². The monoisotopic (exact) mass is 352 g/mol. The summed E-state index contributed by atoms with van der Waals surface area (Å²) < 4.78 is 5.14. The molecule has 0 amide bonds. The van der Waals surface area contributed by atoms with Crippen molar-refractivity contribution in [2.75, 3.05) is 12.0 Å². The number of nitrogens with zero attached hydrogens (tertiary/aromatic N) is 2. The molecule has 0 atom stereocenters. The summed E-state index contributed by atoms with van der Waals surface area (Å²) in [5.74, 6) is 0.620. The maximum absolute atomic E-state index is 5.14. The summed E-state index contributed by atoms with van der Waals surface area (Å²) in [6.07, 6.45) is 1.83. The van der Waals surface area contributed by atoms with E-state index in [-0.39, 0.29) is 0 Å². The Kier molecular flexibility index (Phi) is 4.84. The summed E-state index contributed by atoms with van der Waals surface area (Å²) in [4.78, 5) is 6.54. The van der Waals surface area contributed by atoms with E-state index in [1.165, 1.54) is 0 Å². The van der Waals surface area contributed by atoms with Crippen LogP contribution in [0.3, 0.4) is 0 Å². The van der Waals surface area contributed by atoms with Gasteiger partial charge in [0.15, 0.2) is 0 Å². The minimum absolute atomic E-state index is 0.620. The zero-order chi connectivity index (χ0) is 18.5. The molecule has 0 radical (unpaired) electrons. The number of rotatable bonds is 5. The molecule has 0 bridgehead atoms. The van der Waals surface area contributed by atoms with Crippen molar-refractivity contribution in [1.29, 1.82) is 0 Å². The van der Waals surface area contributed by atoms with Gasteiger partial charge in [0.2, 0.25) is 5.88 Å². The van der Waals surface area contributed by atoms with Gasteiger partial charge in [-0.25, -0.2) is 4.98 Å². The van der Waals surface area contributed by atoms with E-state index in [2.05, 4.69) is 82.7 Å². The Bertz CT molecular complexity index is 942. The predicted molar refractivity (Wildman–Crippen MR) is 111 cm³/mol. The van der Waals surface area contributed by atoms with Crippen LogP contribution < -0.4 is 9.64 Å². The molecule has 0 aliphatic rings. The molecule has 1 heterocycles. The van der Waals surface area contributed by atoms with Crippen LogP contribution in [0.25, 0.3) is 11.1 Å². The summed E-state index contributed by atoms with van der Waals surface area (Å²) >= 11 is 0. The molecule has 0 aliphatic carbocycles. The van der Waals surface area contributed by atoms with Crippen molar-refractivity contribution < 1.29 is 4.74 Å². The number of benzene rings is 3. The number of aromatic nitrogens is 1. The van der Waals surface area contributed by atoms with Gasteiger partial charge < -0.3 is 9.64 Å². The lowest BCUT2D eigenvalue weighted by Crippen LogP contribution is -2.09. The smallest absolute Gasteiger partial charge is 0.212 e. The number of para-hydroxylation sites is 2. The third-order valence-electron chi connectivity index (χ3n) is 4.43. The summed E-state index contributed by atoms with van der Waals surface area (Å²) in [6.45, 7) is 0. The Morgan fingerprint density at radius 3 is 1.59 bits per heavy atom. The number of anilines is 3. The fourth-order valence-corrected chi connectivity index (χ4v) is 3.08. The van der Waals surface area contributed by atoms with Crippen molar-refractivity contribution >= 4 is 17.1 Å². The van der Waals surface area contributed by atoms with Gasteiger partial charge in [-0.15, -0.1) is 0 Å². The van der Waals surface area contributed by atoms with Crippen LogP contribution in [0.15, 0.2) is 103 Å². The molecule has 0 spiro atoms. The molecule has 3 nitrogen and oxygen atoms in total. The quantitative estimate of drug-likeness (QED) is 0.426. The van der Waals surface area contributed by atoms with Gasteiger partial charge in [0.25, 0.3) is 0 Å². The van der Waals surface area contributed by atoms with E-state index < -0.39 is 0 Å². The van der Waals surface area contributed by atoms with E-state index >= 15 is 0 Å². The number of pyridine rings is 1. The highest BCUT2D eigenvalue weighted by Gasteiger charge is 2.11. The molecule has 0 N–H and O–H groups in total. The van der Waals surface area contributed by atoms with Gasteiger partial charge in [-0.3, -0.25) is 0 Å². The number of hydrogen-bond donors (Lipinski definition) is 0. The maximum atomic E-state index is 5.14. The van der Waals surface area contributed by atoms with E-state index in [1.807, 2.05) is 30.5 Å². The molecule has 0 aliphatic heterocycles. The first-order valence-electron chi connectivity index (χ1n) is 8.86. The van der Waals surface area contributed by atoms with Crippen molar-refractivity contribution in [2.45, 2.75) is 0 Å². The Morgan fingerprint density at radius 2 is 1.11 bits per heavy atom. The first-order valence-corrected chi connectivity index (χ1v) is 8.86. The average Bonchev–Trinajstić information content (AvgIpc) is 2.76. The van der Waals surface area contributed by atoms with Crippen LogP contribution in [0.2, 0.25) is 0 Å². The van der Waals surface area contributed by atoms with Crippen LogP contribution in [0.4, 0.5) is 17.1 Å². The third-order valence-corrected chi connectivity index (χ3v) is 4.43. The lowest BCUT2D eigenvalue weighted by atomic mass is 10.1. The van der Waals surface area contributed by atoms with Crippen LogP contribution in [0, 0.1) is 0 Å². The van der Waals surface area contributed by atoms with Crippen molar-refractivity contribution in [2.24, 2.45) is 0 Å². The summed E-state index contributed by atoms with van der Waals surface area (Å²) in [6, 6.07) is 33.2. The molecule has 3 aromatic carbocycles. The van der Waals surface area contributed by atoms with Crippen LogP contribution in [-0.4, -0.2) is 12.1 Å². The fourth-order valence-electron chi connectivity index (χ4n) is 3.08. The highest BCUT2D eigenvalue weighted by molar-refractivity contribution is 5.78. The Hall–Kier alpha value is -3.59. The van der Waals surface area contributed by atoms with Crippen molar-refractivity contribution in [3.8, 4) is 17.0 Å². The van der Waals surface area contributed by atoms with E-state index in [9.17, 15) is 0 Å². The number of hydrogen-bond acceptors (Lipinski definition) is 3. The Balaban J connectivity index is 1.70. The van der Waals surface area contributed by atoms with Crippen molar-refractivity contribution in [1.82, 2.24) is 4.98 Å². The van der Waals surface area contributed by atoms with Gasteiger partial charge in [0, 0.05) is 34.9 Å². The van der Waals surface area contributed by atoms with Crippen LogP contribution in [0.1, 0.15) is 0 Å². The average molecular weight is 352 g/mol. The predicted octanol–water partition coefficient (Wildman–Crippen LogP) is 6.23.